The van der Waals surface area contributed by atoms with Crippen LogP contribution in [0.5, 0.6) is 5.75 Å². The molecule has 0 saturated heterocycles. The number of anilines is 1. The molecule has 1 aromatic heterocycles. The van der Waals surface area contributed by atoms with Gasteiger partial charge in [0, 0.05) is 17.6 Å². The van der Waals surface area contributed by atoms with Crippen LogP contribution in [0.3, 0.4) is 0 Å². The van der Waals surface area contributed by atoms with E-state index in [1.165, 1.54) is 11.8 Å². The Morgan fingerprint density at radius 3 is 2.52 bits per heavy atom. The number of nitrogens with one attached hydrogen (secondary N) is 1. The SMILES string of the molecule is CCn1c(SCC(=O)Nc2c(Cl)cccc2Cl)nnc1C(C)Oc1cc(Cl)ccc1Cl. The van der Waals surface area contributed by atoms with Gasteiger partial charge in [-0.15, -0.1) is 10.2 Å². The molecule has 6 nitrogen and oxygen atoms in total. The van der Waals surface area contributed by atoms with Gasteiger partial charge >= 0.3 is 0 Å². The molecule has 1 unspecified atom stereocenters. The van der Waals surface area contributed by atoms with Crippen molar-refractivity contribution in [1.29, 1.82) is 0 Å². The van der Waals surface area contributed by atoms with Crippen molar-refractivity contribution in [2.75, 3.05) is 11.1 Å². The summed E-state index contributed by atoms with van der Waals surface area (Å²) in [5, 5.41) is 13.5. The van der Waals surface area contributed by atoms with E-state index in [1.807, 2.05) is 18.4 Å². The van der Waals surface area contributed by atoms with Crippen molar-refractivity contribution in [2.24, 2.45) is 0 Å². The molecule has 0 saturated carbocycles. The molecule has 0 fully saturated rings. The number of ether oxygens (including phenoxy) is 1. The third-order valence-corrected chi connectivity index (χ3v) is 6.33. The lowest BCUT2D eigenvalue weighted by Crippen LogP contribution is -2.16. The Kier molecular flexibility index (Phi) is 8.36. The maximum Gasteiger partial charge on any atom is 0.234 e. The summed E-state index contributed by atoms with van der Waals surface area (Å²) in [5.41, 5.74) is 0.384. The molecule has 1 amide bonds. The van der Waals surface area contributed by atoms with Crippen LogP contribution in [-0.4, -0.2) is 26.4 Å². The first kappa shape index (κ1) is 24.0. The molecule has 0 aliphatic heterocycles. The highest BCUT2D eigenvalue weighted by atomic mass is 35.5. The van der Waals surface area contributed by atoms with Crippen molar-refractivity contribution >= 4 is 69.8 Å². The highest BCUT2D eigenvalue weighted by Crippen LogP contribution is 2.33. The molecule has 1 atom stereocenters. The fourth-order valence-electron chi connectivity index (χ4n) is 2.74. The second-order valence-corrected chi connectivity index (χ2v) is 8.95. The summed E-state index contributed by atoms with van der Waals surface area (Å²) in [6.45, 7) is 4.40. The van der Waals surface area contributed by atoms with Crippen molar-refractivity contribution in [1.82, 2.24) is 14.8 Å². The third kappa shape index (κ3) is 5.99. The summed E-state index contributed by atoms with van der Waals surface area (Å²) >= 11 is 25.7. The minimum atomic E-state index is -0.437. The average molecular weight is 520 g/mol. The molecule has 164 valence electrons. The highest BCUT2D eigenvalue weighted by Gasteiger charge is 2.21. The number of thioether (sulfide) groups is 1. The van der Waals surface area contributed by atoms with Crippen LogP contribution in [0.2, 0.25) is 20.1 Å². The van der Waals surface area contributed by atoms with E-state index < -0.39 is 6.10 Å². The number of hydrogen-bond donors (Lipinski definition) is 1. The standard InChI is InChI=1S/C20H18Cl4N4O2S/c1-3-28-19(11(2)30-16-9-12(21)7-8-13(16)22)26-27-20(28)31-10-17(29)25-18-14(23)5-4-6-15(18)24/h4-9,11H,3,10H2,1-2H3,(H,25,29). The van der Waals surface area contributed by atoms with E-state index in [-0.39, 0.29) is 11.7 Å². The number of hydrogen-bond acceptors (Lipinski definition) is 5. The van der Waals surface area contributed by atoms with Gasteiger partial charge in [-0.2, -0.15) is 0 Å². The number of para-hydroxylation sites is 1. The molecular formula is C20H18Cl4N4O2S. The summed E-state index contributed by atoms with van der Waals surface area (Å²) in [5.74, 6) is 0.907. The molecule has 0 radical (unpaired) electrons. The monoisotopic (exact) mass is 518 g/mol. The number of carbonyl (C=O) groups excluding carboxylic acids is 1. The Balaban J connectivity index is 1.68. The first-order valence-corrected chi connectivity index (χ1v) is 11.7. The van der Waals surface area contributed by atoms with Gasteiger partial charge in [0.05, 0.1) is 26.5 Å². The second-order valence-electron chi connectivity index (χ2n) is 6.35. The lowest BCUT2D eigenvalue weighted by molar-refractivity contribution is -0.113. The summed E-state index contributed by atoms with van der Waals surface area (Å²) < 4.78 is 7.82. The van der Waals surface area contributed by atoms with Crippen LogP contribution >= 0.6 is 58.2 Å². The number of nitrogens with zero attached hydrogens (tertiary/aromatic N) is 3. The molecule has 1 heterocycles. The zero-order valence-corrected chi connectivity index (χ0v) is 20.4. The van der Waals surface area contributed by atoms with Crippen LogP contribution in [0.1, 0.15) is 25.8 Å². The summed E-state index contributed by atoms with van der Waals surface area (Å²) in [7, 11) is 0. The highest BCUT2D eigenvalue weighted by molar-refractivity contribution is 7.99. The zero-order chi connectivity index (χ0) is 22.5. The van der Waals surface area contributed by atoms with Gasteiger partial charge in [0.15, 0.2) is 17.1 Å². The second kappa shape index (κ2) is 10.8. The normalized spacial score (nSPS) is 11.9. The van der Waals surface area contributed by atoms with Gasteiger partial charge in [0.25, 0.3) is 0 Å². The van der Waals surface area contributed by atoms with Gasteiger partial charge in [-0.05, 0) is 38.1 Å². The van der Waals surface area contributed by atoms with Crippen molar-refractivity contribution < 1.29 is 9.53 Å². The molecule has 3 aromatic rings. The van der Waals surface area contributed by atoms with Gasteiger partial charge in [0.1, 0.15) is 5.75 Å². The predicted molar refractivity (Wildman–Crippen MR) is 127 cm³/mol. The van der Waals surface area contributed by atoms with Crippen LogP contribution in [-0.2, 0) is 11.3 Å². The van der Waals surface area contributed by atoms with E-state index >= 15 is 0 Å². The number of rotatable bonds is 8. The predicted octanol–water partition coefficient (Wildman–Crippen LogP) is 6.78. The molecule has 3 rings (SSSR count). The molecule has 0 spiro atoms. The molecule has 1 N–H and O–H groups in total. The van der Waals surface area contributed by atoms with Gasteiger partial charge < -0.3 is 14.6 Å². The first-order valence-electron chi connectivity index (χ1n) is 9.21. The number of benzene rings is 2. The number of carbonyl (C=O) groups is 1. The van der Waals surface area contributed by atoms with Crippen LogP contribution < -0.4 is 10.1 Å². The fraction of sp³-hybridized carbons (Fsp3) is 0.250. The van der Waals surface area contributed by atoms with E-state index in [9.17, 15) is 4.79 Å². The Labute approximate surface area is 204 Å². The molecular weight excluding hydrogens is 502 g/mol. The van der Waals surface area contributed by atoms with Gasteiger partial charge in [-0.1, -0.05) is 64.2 Å². The quantitative estimate of drug-likeness (QED) is 0.332. The van der Waals surface area contributed by atoms with Crippen molar-refractivity contribution in [2.45, 2.75) is 31.7 Å². The Bertz CT molecular complexity index is 1070. The summed E-state index contributed by atoms with van der Waals surface area (Å²) in [6.07, 6.45) is -0.437. The molecule has 2 aromatic carbocycles. The van der Waals surface area contributed by atoms with Gasteiger partial charge in [-0.25, -0.2) is 0 Å². The van der Waals surface area contributed by atoms with E-state index in [1.54, 1.807) is 36.4 Å². The smallest absolute Gasteiger partial charge is 0.234 e. The first-order chi connectivity index (χ1) is 14.8. The lowest BCUT2D eigenvalue weighted by atomic mass is 10.3. The molecule has 0 bridgehead atoms. The van der Waals surface area contributed by atoms with Crippen molar-refractivity contribution in [3.63, 3.8) is 0 Å². The van der Waals surface area contributed by atoms with Gasteiger partial charge in [-0.3, -0.25) is 4.79 Å². The minimum absolute atomic E-state index is 0.106. The lowest BCUT2D eigenvalue weighted by Gasteiger charge is -2.16. The Morgan fingerprint density at radius 1 is 1.13 bits per heavy atom. The number of aromatic nitrogens is 3. The average Bonchev–Trinajstić information content (AvgIpc) is 3.15. The molecule has 31 heavy (non-hydrogen) atoms. The number of halogens is 4. The van der Waals surface area contributed by atoms with E-state index in [0.717, 1.165) is 0 Å². The molecule has 0 aliphatic carbocycles. The molecule has 0 aliphatic rings. The maximum atomic E-state index is 12.4. The van der Waals surface area contributed by atoms with E-state index in [0.29, 0.717) is 49.1 Å². The minimum Gasteiger partial charge on any atom is -0.481 e. The van der Waals surface area contributed by atoms with Crippen LogP contribution in [0.25, 0.3) is 0 Å². The number of amides is 1. The van der Waals surface area contributed by atoms with E-state index in [2.05, 4.69) is 15.5 Å². The van der Waals surface area contributed by atoms with Gasteiger partial charge in [0.2, 0.25) is 5.91 Å². The topological polar surface area (TPSA) is 69.0 Å². The van der Waals surface area contributed by atoms with Crippen LogP contribution in [0, 0.1) is 0 Å². The Morgan fingerprint density at radius 2 is 1.84 bits per heavy atom. The zero-order valence-electron chi connectivity index (χ0n) is 16.5. The van der Waals surface area contributed by atoms with Crippen LogP contribution in [0.15, 0.2) is 41.6 Å². The van der Waals surface area contributed by atoms with Crippen LogP contribution in [0.4, 0.5) is 5.69 Å². The Hall–Kier alpha value is -1.64. The largest absolute Gasteiger partial charge is 0.481 e. The summed E-state index contributed by atoms with van der Waals surface area (Å²) in [4.78, 5) is 12.4. The molecule has 11 heteroatoms. The van der Waals surface area contributed by atoms with Crippen molar-refractivity contribution in [3.8, 4) is 5.75 Å². The summed E-state index contributed by atoms with van der Waals surface area (Å²) in [6, 6.07) is 10.0. The maximum absolute atomic E-state index is 12.4. The van der Waals surface area contributed by atoms with Crippen molar-refractivity contribution in [3.05, 3.63) is 62.3 Å². The fourth-order valence-corrected chi connectivity index (χ4v) is 4.36. The van der Waals surface area contributed by atoms with E-state index in [4.69, 9.17) is 51.1 Å². The third-order valence-electron chi connectivity index (χ3n) is 4.18.